The molecular weight excluding hydrogens is 312 g/mol. The lowest BCUT2D eigenvalue weighted by atomic mass is 9.77. The molecule has 2 unspecified atom stereocenters. The Labute approximate surface area is 138 Å². The lowest BCUT2D eigenvalue weighted by molar-refractivity contribution is -0.127. The van der Waals surface area contributed by atoms with Gasteiger partial charge in [0.1, 0.15) is 0 Å². The maximum absolute atomic E-state index is 12.6. The van der Waals surface area contributed by atoms with Crippen LogP contribution in [-0.2, 0) is 14.6 Å². The van der Waals surface area contributed by atoms with E-state index in [1.165, 1.54) is 6.26 Å². The number of carbonyl (C=O) groups excluding carboxylic acids is 1. The molecule has 5 nitrogen and oxygen atoms in total. The van der Waals surface area contributed by atoms with Crippen LogP contribution in [0.3, 0.4) is 0 Å². The van der Waals surface area contributed by atoms with Gasteiger partial charge in [-0.1, -0.05) is 26.0 Å². The average Bonchev–Trinajstić information content (AvgIpc) is 2.45. The van der Waals surface area contributed by atoms with Gasteiger partial charge in [0.25, 0.3) is 0 Å². The largest absolute Gasteiger partial charge is 0.348 e. The van der Waals surface area contributed by atoms with Gasteiger partial charge in [-0.2, -0.15) is 0 Å². The molecule has 1 aliphatic heterocycles. The fourth-order valence-electron chi connectivity index (χ4n) is 3.04. The van der Waals surface area contributed by atoms with Crippen molar-refractivity contribution in [1.29, 1.82) is 0 Å². The molecular formula is C17H26N2O3S. The Morgan fingerprint density at radius 3 is 2.43 bits per heavy atom. The topological polar surface area (TPSA) is 75.3 Å². The van der Waals surface area contributed by atoms with Gasteiger partial charge in [-0.15, -0.1) is 0 Å². The van der Waals surface area contributed by atoms with Crippen molar-refractivity contribution < 1.29 is 13.2 Å². The van der Waals surface area contributed by atoms with E-state index in [2.05, 4.69) is 24.5 Å². The summed E-state index contributed by atoms with van der Waals surface area (Å²) in [5, 5.41) is 6.33. The number of hydrogen-bond donors (Lipinski definition) is 2. The number of benzene rings is 1. The summed E-state index contributed by atoms with van der Waals surface area (Å²) in [4.78, 5) is 12.8. The lowest BCUT2D eigenvalue weighted by Crippen LogP contribution is -2.55. The predicted molar refractivity (Wildman–Crippen MR) is 90.9 cm³/mol. The molecule has 1 heterocycles. The molecule has 1 amide bonds. The Bertz CT molecular complexity index is 666. The van der Waals surface area contributed by atoms with E-state index in [-0.39, 0.29) is 28.3 Å². The summed E-state index contributed by atoms with van der Waals surface area (Å²) < 4.78 is 23.0. The van der Waals surface area contributed by atoms with Crippen molar-refractivity contribution in [2.45, 2.75) is 50.6 Å². The van der Waals surface area contributed by atoms with E-state index in [1.54, 1.807) is 24.3 Å². The van der Waals surface area contributed by atoms with Gasteiger partial charge in [0, 0.05) is 6.26 Å². The molecule has 2 N–H and O–H groups in total. The third-order valence-corrected chi connectivity index (χ3v) is 5.69. The van der Waals surface area contributed by atoms with E-state index in [0.29, 0.717) is 0 Å². The van der Waals surface area contributed by atoms with Crippen LogP contribution in [0.15, 0.2) is 29.2 Å². The Kier molecular flexibility index (Phi) is 5.16. The maximum Gasteiger partial charge on any atom is 0.238 e. The minimum Gasteiger partial charge on any atom is -0.348 e. The van der Waals surface area contributed by atoms with Crippen LogP contribution in [-0.4, -0.2) is 33.2 Å². The number of piperidine rings is 1. The summed E-state index contributed by atoms with van der Waals surface area (Å²) in [6, 6.07) is 6.29. The number of sulfone groups is 1. The minimum atomic E-state index is -3.20. The van der Waals surface area contributed by atoms with Crippen LogP contribution in [0.4, 0.5) is 0 Å². The zero-order valence-electron chi connectivity index (χ0n) is 14.2. The van der Waals surface area contributed by atoms with Crippen LogP contribution in [0.5, 0.6) is 0 Å². The number of hydrogen-bond acceptors (Lipinski definition) is 4. The lowest BCUT2D eigenvalue weighted by Gasteiger charge is -2.38. The van der Waals surface area contributed by atoms with Gasteiger partial charge in [-0.25, -0.2) is 8.42 Å². The first kappa shape index (κ1) is 17.9. The van der Waals surface area contributed by atoms with Crippen molar-refractivity contribution in [1.82, 2.24) is 10.6 Å². The molecule has 23 heavy (non-hydrogen) atoms. The van der Waals surface area contributed by atoms with Crippen molar-refractivity contribution in [3.63, 3.8) is 0 Å². The van der Waals surface area contributed by atoms with Crippen molar-refractivity contribution >= 4 is 15.7 Å². The van der Waals surface area contributed by atoms with Gasteiger partial charge in [0.2, 0.25) is 5.91 Å². The van der Waals surface area contributed by atoms with Crippen molar-refractivity contribution in [2.75, 3.05) is 12.8 Å². The normalized spacial score (nSPS) is 22.3. The molecule has 1 fully saturated rings. The third kappa shape index (κ3) is 4.32. The molecule has 0 aromatic heterocycles. The molecule has 1 saturated heterocycles. The Hall–Kier alpha value is -1.40. The SMILES string of the molecule is CC(NC(=O)C1NCCCC1(C)C)c1ccc(S(C)(=O)=O)cc1. The molecule has 2 rings (SSSR count). The summed E-state index contributed by atoms with van der Waals surface area (Å²) >= 11 is 0. The van der Waals surface area contributed by atoms with Crippen LogP contribution in [0.1, 0.15) is 45.2 Å². The van der Waals surface area contributed by atoms with Gasteiger partial charge in [0.05, 0.1) is 17.0 Å². The summed E-state index contributed by atoms with van der Waals surface area (Å²) in [6.07, 6.45) is 3.29. The quantitative estimate of drug-likeness (QED) is 0.881. The van der Waals surface area contributed by atoms with Crippen molar-refractivity contribution in [2.24, 2.45) is 5.41 Å². The first-order chi connectivity index (χ1) is 10.6. The summed E-state index contributed by atoms with van der Waals surface area (Å²) in [5.41, 5.74) is 0.821. The van der Waals surface area contributed by atoms with Crippen LogP contribution in [0.2, 0.25) is 0 Å². The summed E-state index contributed by atoms with van der Waals surface area (Å²) in [6.45, 7) is 6.98. The van der Waals surface area contributed by atoms with E-state index in [1.807, 2.05) is 6.92 Å². The highest BCUT2D eigenvalue weighted by molar-refractivity contribution is 7.90. The van der Waals surface area contributed by atoms with E-state index >= 15 is 0 Å². The molecule has 0 aliphatic carbocycles. The van der Waals surface area contributed by atoms with Crippen LogP contribution in [0.25, 0.3) is 0 Å². The molecule has 0 bridgehead atoms. The second-order valence-electron chi connectivity index (χ2n) is 7.05. The highest BCUT2D eigenvalue weighted by Gasteiger charge is 2.37. The zero-order valence-corrected chi connectivity index (χ0v) is 15.0. The van der Waals surface area contributed by atoms with Gasteiger partial charge in [0.15, 0.2) is 9.84 Å². The number of amides is 1. The van der Waals surface area contributed by atoms with Crippen molar-refractivity contribution in [3.05, 3.63) is 29.8 Å². The van der Waals surface area contributed by atoms with Crippen LogP contribution in [0, 0.1) is 5.41 Å². The fraction of sp³-hybridized carbons (Fsp3) is 0.588. The molecule has 1 aromatic carbocycles. The Morgan fingerprint density at radius 1 is 1.30 bits per heavy atom. The molecule has 0 spiro atoms. The summed E-state index contributed by atoms with van der Waals surface area (Å²) in [5.74, 6) is -0.00519. The Balaban J connectivity index is 2.06. The molecule has 0 radical (unpaired) electrons. The smallest absolute Gasteiger partial charge is 0.238 e. The molecule has 2 atom stereocenters. The Morgan fingerprint density at radius 2 is 1.91 bits per heavy atom. The first-order valence-electron chi connectivity index (χ1n) is 7.95. The van der Waals surface area contributed by atoms with Gasteiger partial charge >= 0.3 is 0 Å². The number of nitrogens with one attached hydrogen (secondary N) is 2. The number of rotatable bonds is 4. The first-order valence-corrected chi connectivity index (χ1v) is 9.84. The van der Waals surface area contributed by atoms with Crippen molar-refractivity contribution in [3.8, 4) is 0 Å². The molecule has 6 heteroatoms. The van der Waals surface area contributed by atoms with Gasteiger partial charge in [-0.05, 0) is 49.4 Å². The predicted octanol–water partition coefficient (Wildman–Crippen LogP) is 2.05. The number of carbonyl (C=O) groups is 1. The fourth-order valence-corrected chi connectivity index (χ4v) is 3.67. The monoisotopic (exact) mass is 338 g/mol. The standard InChI is InChI=1S/C17H26N2O3S/c1-12(13-6-8-14(9-7-13)23(4,21)22)19-16(20)15-17(2,3)10-5-11-18-15/h6-9,12,15,18H,5,10-11H2,1-4H3,(H,19,20). The second-order valence-corrected chi connectivity index (χ2v) is 9.07. The average molecular weight is 338 g/mol. The van der Waals surface area contributed by atoms with E-state index < -0.39 is 9.84 Å². The zero-order chi connectivity index (χ0) is 17.3. The van der Waals surface area contributed by atoms with E-state index in [4.69, 9.17) is 0 Å². The molecule has 1 aromatic rings. The highest BCUT2D eigenvalue weighted by Crippen LogP contribution is 2.30. The van der Waals surface area contributed by atoms with E-state index in [9.17, 15) is 13.2 Å². The highest BCUT2D eigenvalue weighted by atomic mass is 32.2. The molecule has 1 aliphatic rings. The summed E-state index contributed by atoms with van der Waals surface area (Å²) in [7, 11) is -3.20. The maximum atomic E-state index is 12.6. The minimum absolute atomic E-state index is 0.00519. The second kappa shape index (κ2) is 6.61. The molecule has 128 valence electrons. The van der Waals surface area contributed by atoms with E-state index in [0.717, 1.165) is 24.9 Å². The third-order valence-electron chi connectivity index (χ3n) is 4.56. The van der Waals surface area contributed by atoms with Crippen LogP contribution < -0.4 is 10.6 Å². The molecule has 0 saturated carbocycles. The van der Waals surface area contributed by atoms with Gasteiger partial charge in [-0.3, -0.25) is 4.79 Å². The van der Waals surface area contributed by atoms with Crippen LogP contribution >= 0.6 is 0 Å². The van der Waals surface area contributed by atoms with Gasteiger partial charge < -0.3 is 10.6 Å².